The molecule has 0 bridgehead atoms. The highest BCUT2D eigenvalue weighted by molar-refractivity contribution is 14.0. The van der Waals surface area contributed by atoms with E-state index in [1.807, 2.05) is 6.07 Å². The third-order valence-electron chi connectivity index (χ3n) is 3.35. The van der Waals surface area contributed by atoms with Gasteiger partial charge in [-0.1, -0.05) is 12.1 Å². The molecule has 1 heterocycles. The van der Waals surface area contributed by atoms with Gasteiger partial charge in [0.25, 0.3) is 5.91 Å². The maximum Gasteiger partial charge on any atom is 0.434 e. The fraction of sp³-hybridized carbons (Fsp3) is 0.312. The van der Waals surface area contributed by atoms with E-state index in [1.54, 1.807) is 32.3 Å². The summed E-state index contributed by atoms with van der Waals surface area (Å²) >= 11 is 0.930. The highest BCUT2D eigenvalue weighted by atomic mass is 127. The van der Waals surface area contributed by atoms with Crippen molar-refractivity contribution in [2.75, 3.05) is 14.1 Å². The molecule has 2 aromatic rings. The SMILES string of the molecule is CN=C(NCc1cccc(C(=O)NC)c1)NCc1nc(C(F)(F)F)cs1.I. The molecule has 11 heteroatoms. The zero-order chi connectivity index (χ0) is 19.2. The van der Waals surface area contributed by atoms with Crippen molar-refractivity contribution >= 4 is 47.2 Å². The zero-order valence-corrected chi connectivity index (χ0v) is 17.7. The lowest BCUT2D eigenvalue weighted by atomic mass is 10.1. The average Bonchev–Trinajstić information content (AvgIpc) is 3.11. The first-order valence-electron chi connectivity index (χ1n) is 7.60. The number of nitrogens with zero attached hydrogens (tertiary/aromatic N) is 2. The van der Waals surface area contributed by atoms with Gasteiger partial charge in [-0.2, -0.15) is 13.2 Å². The smallest absolute Gasteiger partial charge is 0.355 e. The van der Waals surface area contributed by atoms with E-state index in [0.29, 0.717) is 23.1 Å². The molecular weight excluding hydrogens is 494 g/mol. The van der Waals surface area contributed by atoms with Crippen LogP contribution in [0, 0.1) is 0 Å². The predicted molar refractivity (Wildman–Crippen MR) is 109 cm³/mol. The second kappa shape index (κ2) is 10.4. The summed E-state index contributed by atoms with van der Waals surface area (Å²) in [5.74, 6) is 0.234. The van der Waals surface area contributed by atoms with Gasteiger partial charge in [-0.3, -0.25) is 9.79 Å². The standard InChI is InChI=1S/C16H18F3N5OS.HI/c1-20-14(25)11-5-3-4-10(6-11)7-22-15(21-2)23-8-13-24-12(9-26-13)16(17,18)19;/h3-6,9H,7-8H2,1-2H3,(H,20,25)(H2,21,22,23);1H. The first-order chi connectivity index (χ1) is 12.3. The number of carbonyl (C=O) groups excluding carboxylic acids is 1. The molecule has 0 aliphatic heterocycles. The second-order valence-electron chi connectivity index (χ2n) is 5.18. The molecule has 6 nitrogen and oxygen atoms in total. The van der Waals surface area contributed by atoms with Crippen molar-refractivity contribution in [3.63, 3.8) is 0 Å². The van der Waals surface area contributed by atoms with Gasteiger partial charge >= 0.3 is 6.18 Å². The summed E-state index contributed by atoms with van der Waals surface area (Å²) in [7, 11) is 3.11. The number of thiazole rings is 1. The molecular formula is C16H19F3IN5OS. The van der Waals surface area contributed by atoms with Gasteiger partial charge in [0.15, 0.2) is 11.7 Å². The average molecular weight is 513 g/mol. The van der Waals surface area contributed by atoms with Crippen LogP contribution >= 0.6 is 35.3 Å². The molecule has 0 atom stereocenters. The summed E-state index contributed by atoms with van der Waals surface area (Å²) < 4.78 is 37.6. The number of nitrogens with one attached hydrogen (secondary N) is 3. The van der Waals surface area contributed by atoms with Crippen LogP contribution in [-0.4, -0.2) is 30.9 Å². The monoisotopic (exact) mass is 513 g/mol. The van der Waals surface area contributed by atoms with Gasteiger partial charge in [-0.25, -0.2) is 4.98 Å². The fourth-order valence-electron chi connectivity index (χ4n) is 2.05. The number of guanidine groups is 1. The van der Waals surface area contributed by atoms with Crippen LogP contribution in [0.25, 0.3) is 0 Å². The molecule has 2 rings (SSSR count). The molecule has 0 radical (unpaired) electrons. The summed E-state index contributed by atoms with van der Waals surface area (Å²) in [6.45, 7) is 0.523. The third kappa shape index (κ3) is 6.97. The molecule has 3 N–H and O–H groups in total. The Balaban J connectivity index is 0.00000364. The topological polar surface area (TPSA) is 78.4 Å². The van der Waals surface area contributed by atoms with Crippen LogP contribution in [0.2, 0.25) is 0 Å². The summed E-state index contributed by atoms with van der Waals surface area (Å²) in [4.78, 5) is 19.2. The number of alkyl halides is 3. The lowest BCUT2D eigenvalue weighted by molar-refractivity contribution is -0.140. The van der Waals surface area contributed by atoms with Gasteiger partial charge in [0.05, 0.1) is 6.54 Å². The van der Waals surface area contributed by atoms with Gasteiger partial charge in [0.1, 0.15) is 5.01 Å². The first kappa shape index (κ1) is 23.1. The quantitative estimate of drug-likeness (QED) is 0.327. The van der Waals surface area contributed by atoms with Gasteiger partial charge < -0.3 is 16.0 Å². The minimum absolute atomic E-state index is 0. The summed E-state index contributed by atoms with van der Waals surface area (Å²) in [6, 6.07) is 7.07. The maximum atomic E-state index is 12.5. The molecule has 0 saturated carbocycles. The van der Waals surface area contributed by atoms with E-state index in [4.69, 9.17) is 0 Å². The lowest BCUT2D eigenvalue weighted by Crippen LogP contribution is -2.36. The van der Waals surface area contributed by atoms with Crippen LogP contribution in [0.5, 0.6) is 0 Å². The van der Waals surface area contributed by atoms with E-state index in [9.17, 15) is 18.0 Å². The Morgan fingerprint density at radius 2 is 1.96 bits per heavy atom. The highest BCUT2D eigenvalue weighted by Crippen LogP contribution is 2.29. The normalized spacial score (nSPS) is 11.5. The summed E-state index contributed by atoms with van der Waals surface area (Å²) in [5.41, 5.74) is 0.508. The maximum absolute atomic E-state index is 12.5. The van der Waals surface area contributed by atoms with Crippen molar-refractivity contribution in [1.29, 1.82) is 0 Å². The molecule has 0 aliphatic carbocycles. The Labute approximate surface area is 175 Å². The Morgan fingerprint density at radius 3 is 2.56 bits per heavy atom. The van der Waals surface area contributed by atoms with Crippen molar-refractivity contribution in [2.24, 2.45) is 4.99 Å². The number of hydrogen-bond donors (Lipinski definition) is 3. The van der Waals surface area contributed by atoms with Gasteiger partial charge in [-0.05, 0) is 17.7 Å². The van der Waals surface area contributed by atoms with Gasteiger partial charge in [0, 0.05) is 31.6 Å². The molecule has 148 valence electrons. The van der Waals surface area contributed by atoms with E-state index in [2.05, 4.69) is 25.9 Å². The van der Waals surface area contributed by atoms with Crippen molar-refractivity contribution in [1.82, 2.24) is 20.9 Å². The zero-order valence-electron chi connectivity index (χ0n) is 14.6. The Hall–Kier alpha value is -1.89. The predicted octanol–water partition coefficient (Wildman–Crippen LogP) is 3.00. The van der Waals surface area contributed by atoms with Crippen LogP contribution in [0.15, 0.2) is 34.6 Å². The van der Waals surface area contributed by atoms with Crippen LogP contribution in [0.1, 0.15) is 26.6 Å². The molecule has 0 aliphatic rings. The van der Waals surface area contributed by atoms with E-state index >= 15 is 0 Å². The van der Waals surface area contributed by atoms with Crippen molar-refractivity contribution in [2.45, 2.75) is 19.3 Å². The number of halogens is 4. The number of aromatic nitrogens is 1. The van der Waals surface area contributed by atoms with Crippen molar-refractivity contribution < 1.29 is 18.0 Å². The first-order valence-corrected chi connectivity index (χ1v) is 8.48. The second-order valence-corrected chi connectivity index (χ2v) is 6.13. The van der Waals surface area contributed by atoms with Crippen LogP contribution < -0.4 is 16.0 Å². The molecule has 0 fully saturated rings. The molecule has 27 heavy (non-hydrogen) atoms. The molecule has 0 saturated heterocycles. The summed E-state index contributed by atoms with van der Waals surface area (Å²) in [5, 5.41) is 9.79. The molecule has 1 amide bonds. The molecule has 1 aromatic heterocycles. The van der Waals surface area contributed by atoms with Gasteiger partial charge in [-0.15, -0.1) is 35.3 Å². The Bertz CT molecular complexity index is 794. The van der Waals surface area contributed by atoms with Crippen LogP contribution in [-0.2, 0) is 19.3 Å². The minimum Gasteiger partial charge on any atom is -0.355 e. The molecule has 0 spiro atoms. The van der Waals surface area contributed by atoms with E-state index in [0.717, 1.165) is 22.3 Å². The Morgan fingerprint density at radius 1 is 1.26 bits per heavy atom. The number of rotatable bonds is 5. The minimum atomic E-state index is -4.44. The van der Waals surface area contributed by atoms with E-state index < -0.39 is 11.9 Å². The number of amides is 1. The third-order valence-corrected chi connectivity index (χ3v) is 4.20. The fourth-order valence-corrected chi connectivity index (χ4v) is 2.80. The van der Waals surface area contributed by atoms with Gasteiger partial charge in [0.2, 0.25) is 0 Å². The number of hydrogen-bond acceptors (Lipinski definition) is 4. The number of benzene rings is 1. The van der Waals surface area contributed by atoms with Crippen molar-refractivity contribution in [3.05, 3.63) is 51.5 Å². The molecule has 0 unspecified atom stereocenters. The van der Waals surface area contributed by atoms with E-state index in [-0.39, 0.29) is 36.4 Å². The highest BCUT2D eigenvalue weighted by Gasteiger charge is 2.33. The van der Waals surface area contributed by atoms with Crippen molar-refractivity contribution in [3.8, 4) is 0 Å². The largest absolute Gasteiger partial charge is 0.434 e. The van der Waals surface area contributed by atoms with Crippen LogP contribution in [0.3, 0.4) is 0 Å². The lowest BCUT2D eigenvalue weighted by Gasteiger charge is -2.11. The Kier molecular flexibility index (Phi) is 8.96. The van der Waals surface area contributed by atoms with Crippen LogP contribution in [0.4, 0.5) is 13.2 Å². The number of aliphatic imine (C=N–C) groups is 1. The van der Waals surface area contributed by atoms with E-state index in [1.165, 1.54) is 0 Å². The number of carbonyl (C=O) groups is 1. The summed E-state index contributed by atoms with van der Waals surface area (Å²) in [6.07, 6.45) is -4.44. The molecule has 1 aromatic carbocycles.